The molecule has 1 N–H and O–H groups in total. The summed E-state index contributed by atoms with van der Waals surface area (Å²) in [6.07, 6.45) is -0.100. The quantitative estimate of drug-likeness (QED) is 0.585. The van der Waals surface area contributed by atoms with Gasteiger partial charge in [-0.25, -0.2) is 13.1 Å². The van der Waals surface area contributed by atoms with Gasteiger partial charge in [0.25, 0.3) is 0 Å². The van der Waals surface area contributed by atoms with Crippen LogP contribution in [0, 0.1) is 0 Å². The van der Waals surface area contributed by atoms with Crippen LogP contribution in [0.4, 0.5) is 8.78 Å². The van der Waals surface area contributed by atoms with Crippen molar-refractivity contribution in [2.24, 2.45) is 0 Å². The fourth-order valence-corrected chi connectivity index (χ4v) is 4.14. The van der Waals surface area contributed by atoms with Crippen molar-refractivity contribution in [1.29, 1.82) is 0 Å². The molecule has 0 saturated heterocycles. The topological polar surface area (TPSA) is 84.9 Å². The number of amides is 1. The van der Waals surface area contributed by atoms with Gasteiger partial charge in [-0.2, -0.15) is 8.78 Å². The predicted octanol–water partition coefficient (Wildman–Crippen LogP) is 3.28. The third-order valence-corrected chi connectivity index (χ3v) is 6.01. The van der Waals surface area contributed by atoms with Gasteiger partial charge in [-0.05, 0) is 29.8 Å². The van der Waals surface area contributed by atoms with Gasteiger partial charge in [0.05, 0.1) is 12.1 Å². The standard InChI is InChI=1S/C19H21ClF2N2O5S/c1-24(12-13-7-8-15(28-2)16(11-13)29-19(21)22)18(25)9-10-23-30(26,27)17-6-4-3-5-14(17)20/h3-8,11,19,23H,9-10,12H2,1-2H3. The summed E-state index contributed by atoms with van der Waals surface area (Å²) < 4.78 is 61.3. The Bertz CT molecular complexity index is 989. The minimum absolute atomic E-state index is 0.0720. The number of benzene rings is 2. The number of carbonyl (C=O) groups excluding carboxylic acids is 1. The van der Waals surface area contributed by atoms with Gasteiger partial charge in [-0.1, -0.05) is 29.8 Å². The second-order valence-corrected chi connectivity index (χ2v) is 8.33. The highest BCUT2D eigenvalue weighted by molar-refractivity contribution is 7.89. The molecule has 0 unspecified atom stereocenters. The highest BCUT2D eigenvalue weighted by Crippen LogP contribution is 2.30. The molecule has 1 amide bonds. The molecule has 0 atom stereocenters. The third kappa shape index (κ3) is 6.54. The number of halogens is 3. The van der Waals surface area contributed by atoms with E-state index in [-0.39, 0.29) is 46.8 Å². The molecule has 0 fully saturated rings. The molecule has 0 aliphatic rings. The van der Waals surface area contributed by atoms with E-state index in [1.54, 1.807) is 18.2 Å². The van der Waals surface area contributed by atoms with Crippen LogP contribution in [-0.4, -0.2) is 46.5 Å². The highest BCUT2D eigenvalue weighted by atomic mass is 35.5. The first-order chi connectivity index (χ1) is 14.1. The summed E-state index contributed by atoms with van der Waals surface area (Å²) >= 11 is 5.90. The van der Waals surface area contributed by atoms with E-state index in [9.17, 15) is 22.0 Å². The summed E-state index contributed by atoms with van der Waals surface area (Å²) in [5.74, 6) is -0.343. The maximum Gasteiger partial charge on any atom is 0.387 e. The van der Waals surface area contributed by atoms with Crippen molar-refractivity contribution >= 4 is 27.5 Å². The number of nitrogens with one attached hydrogen (secondary N) is 1. The molecular formula is C19H21ClF2N2O5S. The normalized spacial score (nSPS) is 11.4. The highest BCUT2D eigenvalue weighted by Gasteiger charge is 2.18. The maximum absolute atomic E-state index is 12.5. The SMILES string of the molecule is COc1ccc(CN(C)C(=O)CCNS(=O)(=O)c2ccccc2Cl)cc1OC(F)F. The monoisotopic (exact) mass is 462 g/mol. The van der Waals surface area contributed by atoms with Crippen LogP contribution in [0.15, 0.2) is 47.4 Å². The number of methoxy groups -OCH3 is 1. The van der Waals surface area contributed by atoms with Crippen molar-refractivity contribution in [2.75, 3.05) is 20.7 Å². The van der Waals surface area contributed by atoms with E-state index < -0.39 is 16.6 Å². The molecule has 164 valence electrons. The Hall–Kier alpha value is -2.43. The Morgan fingerprint density at radius 2 is 1.90 bits per heavy atom. The molecule has 0 aliphatic carbocycles. The van der Waals surface area contributed by atoms with E-state index in [4.69, 9.17) is 16.3 Å². The Morgan fingerprint density at radius 1 is 1.20 bits per heavy atom. The van der Waals surface area contributed by atoms with Crippen LogP contribution in [0.3, 0.4) is 0 Å². The minimum Gasteiger partial charge on any atom is -0.493 e. The molecule has 0 aromatic heterocycles. The average molecular weight is 463 g/mol. The first-order valence-corrected chi connectivity index (χ1v) is 10.6. The number of alkyl halides is 2. The molecular weight excluding hydrogens is 442 g/mol. The molecule has 0 bridgehead atoms. The Labute approximate surface area is 178 Å². The van der Waals surface area contributed by atoms with Crippen LogP contribution in [0.25, 0.3) is 0 Å². The van der Waals surface area contributed by atoms with Crippen molar-refractivity contribution in [1.82, 2.24) is 9.62 Å². The van der Waals surface area contributed by atoms with Crippen molar-refractivity contribution < 1.29 is 31.5 Å². The molecule has 0 heterocycles. The van der Waals surface area contributed by atoms with Crippen LogP contribution in [-0.2, 0) is 21.4 Å². The van der Waals surface area contributed by atoms with E-state index in [1.165, 1.54) is 43.3 Å². The second kappa shape index (κ2) is 10.6. The molecule has 0 saturated carbocycles. The van der Waals surface area contributed by atoms with Crippen LogP contribution in [0.1, 0.15) is 12.0 Å². The van der Waals surface area contributed by atoms with Crippen LogP contribution in [0.2, 0.25) is 5.02 Å². The maximum atomic E-state index is 12.5. The zero-order valence-electron chi connectivity index (χ0n) is 16.3. The predicted molar refractivity (Wildman–Crippen MR) is 107 cm³/mol. The van der Waals surface area contributed by atoms with Gasteiger partial charge in [0, 0.05) is 26.6 Å². The zero-order valence-corrected chi connectivity index (χ0v) is 17.8. The Balaban J connectivity index is 1.94. The Morgan fingerprint density at radius 3 is 2.53 bits per heavy atom. The minimum atomic E-state index is -3.85. The number of rotatable bonds is 10. The zero-order chi connectivity index (χ0) is 22.3. The van der Waals surface area contributed by atoms with Crippen LogP contribution < -0.4 is 14.2 Å². The molecule has 0 spiro atoms. The summed E-state index contributed by atoms with van der Waals surface area (Å²) in [6, 6.07) is 10.4. The van der Waals surface area contributed by atoms with E-state index in [1.807, 2.05) is 0 Å². The molecule has 11 heteroatoms. The number of ether oxygens (including phenoxy) is 2. The number of nitrogens with zero attached hydrogens (tertiary/aromatic N) is 1. The fraction of sp³-hybridized carbons (Fsp3) is 0.316. The summed E-state index contributed by atoms with van der Waals surface area (Å²) in [6.45, 7) is -3.03. The number of carbonyl (C=O) groups is 1. The molecule has 30 heavy (non-hydrogen) atoms. The van der Waals surface area contributed by atoms with Gasteiger partial charge >= 0.3 is 6.61 Å². The van der Waals surface area contributed by atoms with Gasteiger partial charge in [-0.3, -0.25) is 4.79 Å². The molecule has 7 nitrogen and oxygen atoms in total. The molecule has 2 aromatic carbocycles. The first kappa shape index (κ1) is 23.8. The molecule has 0 radical (unpaired) electrons. The largest absolute Gasteiger partial charge is 0.493 e. The molecule has 0 aliphatic heterocycles. The summed E-state index contributed by atoms with van der Waals surface area (Å²) in [5.41, 5.74) is 0.541. The molecule has 2 aromatic rings. The van der Waals surface area contributed by atoms with E-state index >= 15 is 0 Å². The van der Waals surface area contributed by atoms with Gasteiger partial charge in [-0.15, -0.1) is 0 Å². The van der Waals surface area contributed by atoms with Crippen LogP contribution in [0.5, 0.6) is 11.5 Å². The van der Waals surface area contributed by atoms with E-state index in [0.29, 0.717) is 5.56 Å². The van der Waals surface area contributed by atoms with Crippen molar-refractivity contribution in [3.8, 4) is 11.5 Å². The van der Waals surface area contributed by atoms with Gasteiger partial charge in [0.2, 0.25) is 15.9 Å². The van der Waals surface area contributed by atoms with Gasteiger partial charge < -0.3 is 14.4 Å². The fourth-order valence-electron chi connectivity index (χ4n) is 2.59. The Kier molecular flexibility index (Phi) is 8.39. The van der Waals surface area contributed by atoms with Crippen molar-refractivity contribution in [2.45, 2.75) is 24.5 Å². The summed E-state index contributed by atoms with van der Waals surface area (Å²) in [4.78, 5) is 13.6. The lowest BCUT2D eigenvalue weighted by Crippen LogP contribution is -2.32. The lowest BCUT2D eigenvalue weighted by atomic mass is 10.2. The van der Waals surface area contributed by atoms with E-state index in [2.05, 4.69) is 9.46 Å². The smallest absolute Gasteiger partial charge is 0.387 e. The average Bonchev–Trinajstić information content (AvgIpc) is 2.67. The second-order valence-electron chi connectivity index (χ2n) is 6.19. The number of hydrogen-bond acceptors (Lipinski definition) is 5. The van der Waals surface area contributed by atoms with E-state index in [0.717, 1.165) is 0 Å². The molecule has 2 rings (SSSR count). The summed E-state index contributed by atoms with van der Waals surface area (Å²) in [5, 5.41) is 0.0785. The first-order valence-electron chi connectivity index (χ1n) is 8.74. The van der Waals surface area contributed by atoms with Crippen molar-refractivity contribution in [3.63, 3.8) is 0 Å². The van der Waals surface area contributed by atoms with Crippen LogP contribution >= 0.6 is 11.6 Å². The number of sulfonamides is 1. The van der Waals surface area contributed by atoms with Gasteiger partial charge in [0.15, 0.2) is 11.5 Å². The van der Waals surface area contributed by atoms with Gasteiger partial charge in [0.1, 0.15) is 4.90 Å². The lowest BCUT2D eigenvalue weighted by molar-refractivity contribution is -0.130. The third-order valence-electron chi connectivity index (χ3n) is 4.05. The summed E-state index contributed by atoms with van der Waals surface area (Å²) in [7, 11) is -1.01. The lowest BCUT2D eigenvalue weighted by Gasteiger charge is -2.19. The number of hydrogen-bond donors (Lipinski definition) is 1. The van der Waals surface area contributed by atoms with Crippen molar-refractivity contribution in [3.05, 3.63) is 53.1 Å².